The zero-order valence-corrected chi connectivity index (χ0v) is 5.68. The van der Waals surface area contributed by atoms with Gasteiger partial charge in [0.2, 0.25) is 0 Å². The van der Waals surface area contributed by atoms with Gasteiger partial charge in [0, 0.05) is 0 Å². The summed E-state index contributed by atoms with van der Waals surface area (Å²) in [4.78, 5) is 3.59. The molecule has 0 saturated carbocycles. The maximum Gasteiger partial charge on any atom is 0.153 e. The van der Waals surface area contributed by atoms with Gasteiger partial charge in [-0.2, -0.15) is 0 Å². The van der Waals surface area contributed by atoms with E-state index < -0.39 is 18.2 Å². The molecule has 6 heteroatoms. The molecule has 0 fully saturated rings. The molecular weight excluding hydrogens is 152 g/mol. The van der Waals surface area contributed by atoms with Crippen LogP contribution in [-0.2, 0) is 0 Å². The average Bonchev–Trinajstić information content (AvgIpc) is 2.30. The van der Waals surface area contributed by atoms with Crippen LogP contribution in [0.25, 0.3) is 0 Å². The Morgan fingerprint density at radius 1 is 1.45 bits per heavy atom. The molecule has 0 saturated heterocycles. The second-order valence-corrected chi connectivity index (χ2v) is 2.31. The Hall–Kier alpha value is -0.690. The highest BCUT2D eigenvalue weighted by Crippen LogP contribution is 2.12. The fourth-order valence-corrected chi connectivity index (χ4v) is 0.947. The highest BCUT2D eigenvalue weighted by Gasteiger charge is 2.35. The predicted octanol–water partition coefficient (Wildman–Crippen LogP) is -2.54. The van der Waals surface area contributed by atoms with Crippen molar-refractivity contribution in [3.63, 3.8) is 0 Å². The van der Waals surface area contributed by atoms with Crippen molar-refractivity contribution in [2.24, 2.45) is 4.99 Å². The van der Waals surface area contributed by atoms with E-state index in [1.807, 2.05) is 0 Å². The number of hydroxylamine groups is 1. The van der Waals surface area contributed by atoms with Crippen molar-refractivity contribution < 1.29 is 20.5 Å². The largest absolute Gasteiger partial charge is 0.394 e. The Kier molecular flexibility index (Phi) is 2.40. The van der Waals surface area contributed by atoms with E-state index in [0.717, 1.165) is 0 Å². The maximum atomic E-state index is 9.08. The van der Waals surface area contributed by atoms with Crippen LogP contribution < -0.4 is 5.48 Å². The second kappa shape index (κ2) is 3.14. The normalized spacial score (nSPS) is 37.1. The summed E-state index contributed by atoms with van der Waals surface area (Å²) in [7, 11) is 0. The molecule has 3 atom stereocenters. The Balaban J connectivity index is 2.68. The van der Waals surface area contributed by atoms with Crippen molar-refractivity contribution in [2.45, 2.75) is 18.2 Å². The third kappa shape index (κ3) is 1.33. The van der Waals surface area contributed by atoms with E-state index in [1.54, 1.807) is 5.48 Å². The molecule has 0 aliphatic carbocycles. The number of nitrogens with one attached hydrogen (secondary N) is 1. The molecular formula is C5H10N2O4. The number of aliphatic hydroxyl groups excluding tert-OH is 3. The summed E-state index contributed by atoms with van der Waals surface area (Å²) in [6.07, 6.45) is -2.38. The number of nitrogens with zero attached hydrogens (tertiary/aromatic N) is 1. The van der Waals surface area contributed by atoms with E-state index in [9.17, 15) is 0 Å². The highest BCUT2D eigenvalue weighted by atomic mass is 16.5. The molecule has 11 heavy (non-hydrogen) atoms. The summed E-state index contributed by atoms with van der Waals surface area (Å²) in [5.41, 5.74) is 1.64. The minimum Gasteiger partial charge on any atom is -0.394 e. The third-order valence-electron chi connectivity index (χ3n) is 1.60. The highest BCUT2D eigenvalue weighted by molar-refractivity contribution is 5.88. The van der Waals surface area contributed by atoms with Gasteiger partial charge in [0.05, 0.1) is 6.61 Å². The number of aliphatic imine (C=N–C) groups is 1. The van der Waals surface area contributed by atoms with Crippen LogP contribution in [0.5, 0.6) is 0 Å². The molecule has 1 heterocycles. The van der Waals surface area contributed by atoms with Gasteiger partial charge in [-0.3, -0.25) is 15.7 Å². The molecule has 0 aromatic rings. The van der Waals surface area contributed by atoms with E-state index in [-0.39, 0.29) is 12.4 Å². The van der Waals surface area contributed by atoms with Gasteiger partial charge in [0.1, 0.15) is 18.2 Å². The van der Waals surface area contributed by atoms with Gasteiger partial charge in [-0.1, -0.05) is 0 Å². The standard InChI is InChI=1S/C5H10N2O4/c8-1-2-3(9)4(10)5(6-2)7-11/h2-4,8-11H,1H2,(H,6,7). The smallest absolute Gasteiger partial charge is 0.153 e. The summed E-state index contributed by atoms with van der Waals surface area (Å²) >= 11 is 0. The SMILES string of the molecule is OCC1N=C(NO)C(O)C1O. The van der Waals surface area contributed by atoms with Crippen molar-refractivity contribution in [2.75, 3.05) is 6.61 Å². The minimum absolute atomic E-state index is 0.114. The molecule has 0 radical (unpaired) electrons. The zero-order chi connectivity index (χ0) is 8.43. The lowest BCUT2D eigenvalue weighted by molar-refractivity contribution is 0.0368. The van der Waals surface area contributed by atoms with Gasteiger partial charge in [-0.05, 0) is 0 Å². The summed E-state index contributed by atoms with van der Waals surface area (Å²) in [6, 6.07) is -0.750. The van der Waals surface area contributed by atoms with Crippen molar-refractivity contribution >= 4 is 5.84 Å². The molecule has 6 nitrogen and oxygen atoms in total. The molecule has 1 aliphatic heterocycles. The molecule has 1 aliphatic rings. The number of rotatable bonds is 1. The quantitative estimate of drug-likeness (QED) is 0.273. The predicted molar refractivity (Wildman–Crippen MR) is 35.2 cm³/mol. The number of hydrogen-bond acceptors (Lipinski definition) is 6. The van der Waals surface area contributed by atoms with Gasteiger partial charge < -0.3 is 15.3 Å². The van der Waals surface area contributed by atoms with Gasteiger partial charge >= 0.3 is 0 Å². The lowest BCUT2D eigenvalue weighted by Crippen LogP contribution is -2.39. The summed E-state index contributed by atoms with van der Waals surface area (Å²) < 4.78 is 0. The van der Waals surface area contributed by atoms with Gasteiger partial charge in [-0.25, -0.2) is 0 Å². The fraction of sp³-hybridized carbons (Fsp3) is 0.800. The Morgan fingerprint density at radius 3 is 2.36 bits per heavy atom. The van der Waals surface area contributed by atoms with Crippen molar-refractivity contribution in [1.82, 2.24) is 5.48 Å². The fourth-order valence-electron chi connectivity index (χ4n) is 0.947. The first-order valence-electron chi connectivity index (χ1n) is 3.15. The Morgan fingerprint density at radius 2 is 2.09 bits per heavy atom. The zero-order valence-electron chi connectivity index (χ0n) is 5.68. The van der Waals surface area contributed by atoms with Gasteiger partial charge in [0.15, 0.2) is 5.84 Å². The van der Waals surface area contributed by atoms with Crippen LogP contribution in [0.1, 0.15) is 0 Å². The summed E-state index contributed by atoms with van der Waals surface area (Å²) in [6.45, 7) is -0.358. The molecule has 0 spiro atoms. The van der Waals surface area contributed by atoms with Crippen molar-refractivity contribution in [3.05, 3.63) is 0 Å². The maximum absolute atomic E-state index is 9.08. The number of amidine groups is 1. The van der Waals surface area contributed by atoms with Crippen molar-refractivity contribution in [1.29, 1.82) is 0 Å². The third-order valence-corrected chi connectivity index (χ3v) is 1.60. The molecule has 5 N–H and O–H groups in total. The lowest BCUT2D eigenvalue weighted by atomic mass is 10.1. The molecule has 3 unspecified atom stereocenters. The van der Waals surface area contributed by atoms with Crippen LogP contribution in [0.3, 0.4) is 0 Å². The summed E-state index contributed by atoms with van der Waals surface area (Å²) in [5, 5.41) is 35.0. The van der Waals surface area contributed by atoms with Crippen molar-refractivity contribution in [3.8, 4) is 0 Å². The van der Waals surface area contributed by atoms with Crippen LogP contribution in [0.15, 0.2) is 4.99 Å². The molecule has 0 bridgehead atoms. The van der Waals surface area contributed by atoms with E-state index in [0.29, 0.717) is 0 Å². The van der Waals surface area contributed by atoms with Crippen LogP contribution in [0.4, 0.5) is 0 Å². The van der Waals surface area contributed by atoms with Crippen LogP contribution >= 0.6 is 0 Å². The molecule has 0 amide bonds. The van der Waals surface area contributed by atoms with E-state index in [2.05, 4.69) is 4.99 Å². The first-order chi connectivity index (χ1) is 5.20. The lowest BCUT2D eigenvalue weighted by Gasteiger charge is -2.12. The summed E-state index contributed by atoms with van der Waals surface area (Å²) in [5.74, 6) is -0.114. The Labute approximate surface area is 62.8 Å². The monoisotopic (exact) mass is 162 g/mol. The number of hydrogen-bond donors (Lipinski definition) is 5. The first kappa shape index (κ1) is 8.41. The molecule has 1 rings (SSSR count). The average molecular weight is 162 g/mol. The second-order valence-electron chi connectivity index (χ2n) is 2.31. The van der Waals surface area contributed by atoms with E-state index in [1.165, 1.54) is 0 Å². The minimum atomic E-state index is -1.24. The van der Waals surface area contributed by atoms with E-state index in [4.69, 9.17) is 20.5 Å². The van der Waals surface area contributed by atoms with Crippen LogP contribution in [-0.4, -0.2) is 51.2 Å². The molecule has 64 valence electrons. The first-order valence-corrected chi connectivity index (χ1v) is 3.15. The van der Waals surface area contributed by atoms with Crippen LogP contribution in [0, 0.1) is 0 Å². The van der Waals surface area contributed by atoms with Gasteiger partial charge in [-0.15, -0.1) is 0 Å². The molecule has 0 aromatic heterocycles. The topological polar surface area (TPSA) is 105 Å². The van der Waals surface area contributed by atoms with E-state index >= 15 is 0 Å². The molecule has 0 aromatic carbocycles. The number of aliphatic hydroxyl groups is 3. The van der Waals surface area contributed by atoms with Crippen LogP contribution in [0.2, 0.25) is 0 Å². The Bertz CT molecular complexity index is 172. The van der Waals surface area contributed by atoms with Gasteiger partial charge in [0.25, 0.3) is 0 Å².